The molecule has 400 valence electrons. The summed E-state index contributed by atoms with van der Waals surface area (Å²) in [6, 6.07) is 11.1. The number of hydrogen-bond acceptors (Lipinski definition) is 11. The molecule has 14 nitrogen and oxygen atoms in total. The molecule has 5 aliphatic rings. The maximum atomic E-state index is 15.8. The van der Waals surface area contributed by atoms with E-state index in [9.17, 15) is 19.2 Å². The molecule has 1 spiro atoms. The van der Waals surface area contributed by atoms with Gasteiger partial charge < -0.3 is 38.2 Å². The molecule has 1 aliphatic carbocycles. The Labute approximate surface area is 488 Å². The Morgan fingerprint density at radius 2 is 1.79 bits per heavy atom. The molecule has 1 aromatic heterocycles. The molecular weight excluding hydrogens is 973 g/mol. The maximum absolute atomic E-state index is 15.8. The van der Waals surface area contributed by atoms with E-state index in [-0.39, 0.29) is 93.0 Å². The van der Waals surface area contributed by atoms with Gasteiger partial charge in [-0.1, -0.05) is 37.6 Å². The third-order valence-electron chi connectivity index (χ3n) is 16.1. The number of carbonyl (C=O) groups is 4. The molecule has 0 radical (unpaired) electrons. The molecule has 3 amide bonds. The number of pyridine rings is 1. The minimum Gasteiger partial charge on any atom is -0.870 e. The van der Waals surface area contributed by atoms with E-state index in [0.29, 0.717) is 36.6 Å². The molecule has 2 aromatic carbocycles. The molecular formula is C59H80FKN9O5-. The second kappa shape index (κ2) is 27.3. The Balaban J connectivity index is 0.00000257. The quantitative estimate of drug-likeness (QED) is 0.0612. The molecule has 8 rings (SSSR count). The number of hydrogen-bond donors (Lipinski definition) is 2. The number of carbonyl (C=O) groups excluding carboxylic acids is 4. The molecule has 2 saturated heterocycles. The van der Waals surface area contributed by atoms with Crippen molar-refractivity contribution in [2.75, 3.05) is 76.3 Å². The van der Waals surface area contributed by atoms with Gasteiger partial charge >= 0.3 is 51.4 Å². The second-order valence-corrected chi connectivity index (χ2v) is 20.6. The van der Waals surface area contributed by atoms with Crippen LogP contribution in [0.15, 0.2) is 78.3 Å². The van der Waals surface area contributed by atoms with Crippen molar-refractivity contribution >= 4 is 47.0 Å². The van der Waals surface area contributed by atoms with Crippen LogP contribution in [0.3, 0.4) is 0 Å². The fraction of sp³-hybridized carbons (Fsp3) is 0.492. The number of nitrogens with zero attached hydrogens (tertiary/aromatic N) is 7. The predicted octanol–water partition coefficient (Wildman–Crippen LogP) is 5.04. The predicted molar refractivity (Wildman–Crippen MR) is 294 cm³/mol. The zero-order valence-corrected chi connectivity index (χ0v) is 49.4. The second-order valence-electron chi connectivity index (χ2n) is 20.6. The Hall–Kier alpha value is -4.36. The number of aldehydes is 1. The zero-order valence-electron chi connectivity index (χ0n) is 46.3. The van der Waals surface area contributed by atoms with Crippen molar-refractivity contribution in [3.05, 3.63) is 130 Å². The molecule has 4 aliphatic heterocycles. The number of primary amides is 1. The van der Waals surface area contributed by atoms with E-state index in [1.807, 2.05) is 74.3 Å². The van der Waals surface area contributed by atoms with Crippen LogP contribution in [0.4, 0.5) is 15.8 Å². The van der Waals surface area contributed by atoms with Gasteiger partial charge in [0.1, 0.15) is 12.1 Å². The average Bonchev–Trinajstić information content (AvgIpc) is 4.17. The number of piperidine rings is 1. The summed E-state index contributed by atoms with van der Waals surface area (Å²) in [5, 5.41) is 3.03. The molecule has 3 unspecified atom stereocenters. The van der Waals surface area contributed by atoms with Crippen LogP contribution in [-0.4, -0.2) is 139 Å². The summed E-state index contributed by atoms with van der Waals surface area (Å²) in [5.74, 6) is -0.560. The van der Waals surface area contributed by atoms with Crippen LogP contribution < -0.4 is 72.2 Å². The summed E-state index contributed by atoms with van der Waals surface area (Å²) >= 11 is 0. The van der Waals surface area contributed by atoms with Gasteiger partial charge in [-0.25, -0.2) is 4.39 Å². The summed E-state index contributed by atoms with van der Waals surface area (Å²) in [6.45, 7) is 25.9. The monoisotopic (exact) mass is 1050 g/mol. The first-order chi connectivity index (χ1) is 35.1. The minimum atomic E-state index is -0.890. The number of anilines is 2. The van der Waals surface area contributed by atoms with Gasteiger partial charge in [0.2, 0.25) is 11.8 Å². The van der Waals surface area contributed by atoms with Gasteiger partial charge in [0, 0.05) is 132 Å². The van der Waals surface area contributed by atoms with Crippen molar-refractivity contribution in [2.24, 2.45) is 11.7 Å². The van der Waals surface area contributed by atoms with Crippen LogP contribution in [-0.2, 0) is 26.3 Å². The topological polar surface area (TPSA) is 169 Å². The van der Waals surface area contributed by atoms with Crippen LogP contribution in [0, 0.1) is 32.5 Å². The first-order valence-electron chi connectivity index (χ1n) is 26.5. The third-order valence-corrected chi connectivity index (χ3v) is 16.1. The van der Waals surface area contributed by atoms with Crippen molar-refractivity contribution in [1.29, 1.82) is 0 Å². The number of likely N-dealkylation sites (N-methyl/N-ethyl adjacent to an activating group) is 1. The number of nitrogens with one attached hydrogen (secondary N) is 1. The van der Waals surface area contributed by atoms with Gasteiger partial charge in [0.05, 0.1) is 22.8 Å². The van der Waals surface area contributed by atoms with E-state index in [4.69, 9.17) is 5.73 Å². The molecule has 1 saturated carbocycles. The number of likely N-dealkylation sites (tertiary alicyclic amines) is 1. The summed E-state index contributed by atoms with van der Waals surface area (Å²) in [5.41, 5.74) is 16.3. The summed E-state index contributed by atoms with van der Waals surface area (Å²) in [7, 11) is 3.79. The van der Waals surface area contributed by atoms with Gasteiger partial charge in [-0.2, -0.15) is 6.42 Å². The van der Waals surface area contributed by atoms with Gasteiger partial charge in [0.25, 0.3) is 5.91 Å². The van der Waals surface area contributed by atoms with E-state index in [2.05, 4.69) is 83.9 Å². The molecule has 0 bridgehead atoms. The van der Waals surface area contributed by atoms with Crippen molar-refractivity contribution in [3.8, 4) is 0 Å². The third kappa shape index (κ3) is 13.7. The number of fused-ring (bicyclic) bond motifs is 2. The number of nitrogens with two attached hydrogens (primary N) is 1. The molecule has 16 heteroatoms. The summed E-state index contributed by atoms with van der Waals surface area (Å²) < 4.78 is 15.8. The Bertz CT molecular complexity index is 2660. The molecule has 5 heterocycles. The number of rotatable bonds is 17. The standard InChI is InChI=1S/C57H73FN9O4.C2H6.K.H2O/c1-9-51(54(59)69)67-53-33-50(58)45(32-49(53)57(19-20-57)56(67)71)36-63-27-28-66(39(4)34-63)35-42-13-23-65(24-14-42)55(70)44-10-11-47(38(3)30-44)43-15-25-64(26-16-43)41(6)37(2)31-48-40(5)61-21-12-52(48)62(8)22-17-46(60-7)18-29-68;1-2;;/h10-12,15,17-18,21-22,29-33,39,41-42,51,60H,1,9,13-14,16,19-20,23-28,34-36H2,2-8H3,(H2,59,69);1-2H3;;1H2/q-1;;+1;/p-1/b22-17-,37-31+,46-18+;;;. The van der Waals surface area contributed by atoms with E-state index in [0.717, 1.165) is 117 Å². The summed E-state index contributed by atoms with van der Waals surface area (Å²) in [6.07, 6.45) is 16.9. The molecule has 4 N–H and O–H groups in total. The molecule has 3 fully saturated rings. The van der Waals surface area contributed by atoms with E-state index < -0.39 is 17.4 Å². The van der Waals surface area contributed by atoms with Crippen LogP contribution in [0.5, 0.6) is 0 Å². The van der Waals surface area contributed by atoms with Crippen LogP contribution in [0.2, 0.25) is 0 Å². The first kappa shape index (κ1) is 61.5. The van der Waals surface area contributed by atoms with Gasteiger partial charge in [-0.05, 0) is 131 Å². The van der Waals surface area contributed by atoms with E-state index in [1.54, 1.807) is 7.05 Å². The zero-order chi connectivity index (χ0) is 52.7. The number of piperazine rings is 1. The molecule has 75 heavy (non-hydrogen) atoms. The smallest absolute Gasteiger partial charge is 0.870 e. The number of allylic oxidation sites excluding steroid dienone is 2. The number of benzene rings is 2. The average molecular weight is 1050 g/mol. The normalized spacial score (nSPS) is 20.1. The first-order valence-corrected chi connectivity index (χ1v) is 26.5. The van der Waals surface area contributed by atoms with Crippen molar-refractivity contribution < 1.29 is 80.4 Å². The van der Waals surface area contributed by atoms with Crippen molar-refractivity contribution in [1.82, 2.24) is 29.9 Å². The summed E-state index contributed by atoms with van der Waals surface area (Å²) in [4.78, 5) is 68.1. The van der Waals surface area contributed by atoms with Crippen molar-refractivity contribution in [3.63, 3.8) is 0 Å². The van der Waals surface area contributed by atoms with E-state index in [1.165, 1.54) is 33.8 Å². The van der Waals surface area contributed by atoms with Gasteiger partial charge in [-0.3, -0.25) is 38.9 Å². The number of aryl methyl sites for hydroxylation is 2. The molecule has 3 atom stereocenters. The van der Waals surface area contributed by atoms with Crippen LogP contribution >= 0.6 is 0 Å². The fourth-order valence-corrected chi connectivity index (χ4v) is 11.3. The van der Waals surface area contributed by atoms with Crippen molar-refractivity contribution in [2.45, 2.75) is 117 Å². The Kier molecular flexibility index (Phi) is 22.4. The Morgan fingerprint density at radius 1 is 1.07 bits per heavy atom. The SMILES string of the molecule is CC.[CH2-]CC(C(N)=O)N1C(=O)C2(CC2)c2cc(CN3CCN(CC4CCN(C(=O)c5ccc(C6=CCN(C(C)/C(C)=C/c7c(N(C)/C=C\C(=C/C=O)NC)ccnc7C)CC6)c(C)c5)CC4)C(C)C3)c(F)cc21.[K+].[OH-]. The fourth-order valence-electron chi connectivity index (χ4n) is 11.3. The largest absolute Gasteiger partial charge is 1.00 e. The van der Waals surface area contributed by atoms with Gasteiger partial charge in [-0.15, -0.1) is 0 Å². The maximum Gasteiger partial charge on any atom is 1.00 e. The van der Waals surface area contributed by atoms with Crippen LogP contribution in [0.25, 0.3) is 11.6 Å². The van der Waals surface area contributed by atoms with E-state index >= 15 is 4.39 Å². The minimum absolute atomic E-state index is 0. The molecule has 3 aromatic rings. The number of aromatic nitrogens is 1. The number of halogens is 1. The van der Waals surface area contributed by atoms with Crippen LogP contribution in [0.1, 0.15) is 117 Å². The van der Waals surface area contributed by atoms with Gasteiger partial charge in [0.15, 0.2) is 0 Å². The Morgan fingerprint density at radius 3 is 2.39 bits per heavy atom. The number of amides is 3.